The molecule has 1 fully saturated rings. The van der Waals surface area contributed by atoms with Crippen molar-refractivity contribution < 1.29 is 8.42 Å². The van der Waals surface area contributed by atoms with Crippen LogP contribution in [0.2, 0.25) is 0 Å². The van der Waals surface area contributed by atoms with Crippen LogP contribution in [0, 0.1) is 0 Å². The van der Waals surface area contributed by atoms with Gasteiger partial charge in [0, 0.05) is 30.1 Å². The smallest absolute Gasteiger partial charge is 0.243 e. The molecule has 0 bridgehead atoms. The van der Waals surface area contributed by atoms with Gasteiger partial charge in [-0.2, -0.15) is 4.31 Å². The van der Waals surface area contributed by atoms with Crippen LogP contribution in [0.4, 0.5) is 0 Å². The molecule has 1 aliphatic heterocycles. The first kappa shape index (κ1) is 36.5. The second-order valence-corrected chi connectivity index (χ2v) is 16.1. The van der Waals surface area contributed by atoms with Gasteiger partial charge >= 0.3 is 0 Å². The summed E-state index contributed by atoms with van der Waals surface area (Å²) in [5.41, 5.74) is 3.02. The maximum atomic E-state index is 14.3. The van der Waals surface area contributed by atoms with Crippen LogP contribution in [0.15, 0.2) is 125 Å². The molecule has 0 amide bonds. The number of rotatable bonds is 18. The molecular weight excluding hydrogens is 676 g/mol. The number of benzene rings is 4. The fraction of sp³-hybridized carbons (Fsp3) is 0.429. The number of halogens is 1. The molecule has 256 valence electrons. The lowest BCUT2D eigenvalue weighted by Gasteiger charge is -2.51. The van der Waals surface area contributed by atoms with Crippen molar-refractivity contribution in [1.82, 2.24) is 9.21 Å². The Kier molecular flexibility index (Phi) is 13.9. The maximum Gasteiger partial charge on any atom is 0.243 e. The van der Waals surface area contributed by atoms with Crippen LogP contribution in [0.3, 0.4) is 0 Å². The summed E-state index contributed by atoms with van der Waals surface area (Å²) in [5.74, 6) is 0. The summed E-state index contributed by atoms with van der Waals surface area (Å²) in [6, 6.07) is 39.3. The zero-order valence-corrected chi connectivity index (χ0v) is 31.1. The molecule has 0 aromatic heterocycles. The van der Waals surface area contributed by atoms with Crippen molar-refractivity contribution in [2.75, 3.05) is 19.6 Å². The third-order valence-electron chi connectivity index (χ3n) is 10.0. The Hall–Kier alpha value is -2.77. The summed E-state index contributed by atoms with van der Waals surface area (Å²) in [7, 11) is -3.67. The summed E-state index contributed by atoms with van der Waals surface area (Å²) >= 11 is 3.48. The van der Waals surface area contributed by atoms with E-state index in [-0.39, 0.29) is 6.04 Å². The van der Waals surface area contributed by atoms with Gasteiger partial charge in [-0.25, -0.2) is 8.42 Å². The fourth-order valence-corrected chi connectivity index (χ4v) is 9.47. The van der Waals surface area contributed by atoms with Crippen molar-refractivity contribution in [2.24, 2.45) is 0 Å². The number of nitrogens with zero attached hydrogens (tertiary/aromatic N) is 2. The van der Waals surface area contributed by atoms with E-state index in [9.17, 15) is 8.42 Å². The largest absolute Gasteiger partial charge is 0.283 e. The minimum atomic E-state index is -3.67. The van der Waals surface area contributed by atoms with E-state index in [0.717, 1.165) is 23.7 Å². The molecule has 1 atom stereocenters. The van der Waals surface area contributed by atoms with Crippen molar-refractivity contribution in [3.8, 4) is 0 Å². The molecule has 0 spiro atoms. The summed E-state index contributed by atoms with van der Waals surface area (Å²) in [5, 5.41) is 0. The van der Waals surface area contributed by atoms with Gasteiger partial charge in [0.15, 0.2) is 0 Å². The highest BCUT2D eigenvalue weighted by molar-refractivity contribution is 9.10. The molecule has 6 heteroatoms. The molecule has 5 rings (SSSR count). The lowest BCUT2D eigenvalue weighted by atomic mass is 9.75. The van der Waals surface area contributed by atoms with Crippen LogP contribution in [0.25, 0.3) is 0 Å². The minimum Gasteiger partial charge on any atom is -0.283 e. The van der Waals surface area contributed by atoms with E-state index in [1.807, 2.05) is 16.4 Å². The molecular formula is C42H53BrN2O2S. The first-order valence-corrected chi connectivity index (χ1v) is 20.4. The summed E-state index contributed by atoms with van der Waals surface area (Å²) in [6.45, 7) is 3.97. The predicted molar refractivity (Wildman–Crippen MR) is 204 cm³/mol. The van der Waals surface area contributed by atoms with E-state index < -0.39 is 15.6 Å². The minimum absolute atomic E-state index is 0.138. The lowest BCUT2D eigenvalue weighted by Crippen LogP contribution is -2.61. The van der Waals surface area contributed by atoms with Gasteiger partial charge in [-0.15, -0.1) is 0 Å². The van der Waals surface area contributed by atoms with Crippen molar-refractivity contribution >= 4 is 26.0 Å². The Morgan fingerprint density at radius 2 is 1.04 bits per heavy atom. The quantitative estimate of drug-likeness (QED) is 0.0756. The van der Waals surface area contributed by atoms with Gasteiger partial charge in [0.1, 0.15) is 0 Å². The van der Waals surface area contributed by atoms with Crippen LogP contribution in [-0.4, -0.2) is 43.3 Å². The third-order valence-corrected chi connectivity index (χ3v) is 12.5. The highest BCUT2D eigenvalue weighted by Crippen LogP contribution is 2.44. The second-order valence-electron chi connectivity index (χ2n) is 13.3. The standard InChI is InChI=1S/C42H53BrN2O2S/c1-2-3-4-5-6-7-8-9-10-11-21-28-40-35-44(33-34-45(40)48(46,47)41-31-29-39(43)30-32-41)42(36-22-15-12-16-23-36,37-24-17-13-18-25-37)38-26-19-14-20-27-38/h12-20,22-27,29-32,40H,2-11,21,28,33-35H2,1H3. The third kappa shape index (κ3) is 8.87. The van der Waals surface area contributed by atoms with Gasteiger partial charge in [0.25, 0.3) is 0 Å². The topological polar surface area (TPSA) is 40.6 Å². The first-order valence-electron chi connectivity index (χ1n) is 18.2. The molecule has 4 aromatic carbocycles. The monoisotopic (exact) mass is 728 g/mol. The van der Waals surface area contributed by atoms with Gasteiger partial charge in [-0.05, 0) is 47.4 Å². The molecule has 4 nitrogen and oxygen atoms in total. The molecule has 48 heavy (non-hydrogen) atoms. The maximum absolute atomic E-state index is 14.3. The normalized spacial score (nSPS) is 16.2. The predicted octanol–water partition coefficient (Wildman–Crippen LogP) is 10.8. The Morgan fingerprint density at radius 3 is 1.50 bits per heavy atom. The molecule has 0 N–H and O–H groups in total. The van der Waals surface area contributed by atoms with Crippen LogP contribution >= 0.6 is 15.9 Å². The van der Waals surface area contributed by atoms with Gasteiger partial charge < -0.3 is 0 Å². The number of unbranched alkanes of at least 4 members (excludes halogenated alkanes) is 10. The first-order chi connectivity index (χ1) is 23.5. The Balaban J connectivity index is 1.41. The highest BCUT2D eigenvalue weighted by Gasteiger charge is 2.47. The number of piperazine rings is 1. The SMILES string of the molecule is CCCCCCCCCCCCCC1CN(C(c2ccccc2)(c2ccccc2)c2ccccc2)CCN1S(=O)(=O)c1ccc(Br)cc1. The van der Waals surface area contributed by atoms with Crippen LogP contribution in [0.5, 0.6) is 0 Å². The van der Waals surface area contributed by atoms with E-state index in [0.29, 0.717) is 24.5 Å². The van der Waals surface area contributed by atoms with Crippen LogP contribution in [-0.2, 0) is 15.6 Å². The average Bonchev–Trinajstić information content (AvgIpc) is 3.12. The van der Waals surface area contributed by atoms with Crippen LogP contribution in [0.1, 0.15) is 101 Å². The van der Waals surface area contributed by atoms with Crippen molar-refractivity contribution in [2.45, 2.75) is 100 Å². The van der Waals surface area contributed by atoms with Gasteiger partial charge in [0.2, 0.25) is 10.0 Å². The molecule has 0 saturated carbocycles. The van der Waals surface area contributed by atoms with Gasteiger partial charge in [0.05, 0.1) is 10.4 Å². The highest BCUT2D eigenvalue weighted by atomic mass is 79.9. The molecule has 1 unspecified atom stereocenters. The fourth-order valence-electron chi connectivity index (χ4n) is 7.57. The Morgan fingerprint density at radius 1 is 0.604 bits per heavy atom. The Labute approximate surface area is 298 Å². The molecule has 1 heterocycles. The van der Waals surface area contributed by atoms with E-state index in [4.69, 9.17) is 0 Å². The number of sulfonamides is 1. The molecule has 4 aromatic rings. The summed E-state index contributed by atoms with van der Waals surface area (Å²) < 4.78 is 31.2. The molecule has 0 radical (unpaired) electrons. The van der Waals surface area contributed by atoms with Gasteiger partial charge in [-0.3, -0.25) is 4.90 Å². The van der Waals surface area contributed by atoms with E-state index in [1.165, 1.54) is 74.5 Å². The van der Waals surface area contributed by atoms with Crippen molar-refractivity contribution in [3.05, 3.63) is 136 Å². The number of hydrogen-bond acceptors (Lipinski definition) is 3. The van der Waals surface area contributed by atoms with E-state index >= 15 is 0 Å². The van der Waals surface area contributed by atoms with Crippen LogP contribution < -0.4 is 0 Å². The number of hydrogen-bond donors (Lipinski definition) is 0. The van der Waals surface area contributed by atoms with E-state index in [1.54, 1.807) is 12.1 Å². The molecule has 1 aliphatic rings. The summed E-state index contributed by atoms with van der Waals surface area (Å²) in [6.07, 6.45) is 14.9. The zero-order chi connectivity index (χ0) is 33.7. The average molecular weight is 730 g/mol. The molecule has 0 aliphatic carbocycles. The van der Waals surface area contributed by atoms with E-state index in [2.05, 4.69) is 119 Å². The molecule has 1 saturated heterocycles. The second kappa shape index (κ2) is 18.3. The zero-order valence-electron chi connectivity index (χ0n) is 28.7. The van der Waals surface area contributed by atoms with Gasteiger partial charge in [-0.1, -0.05) is 184 Å². The van der Waals surface area contributed by atoms with Crippen molar-refractivity contribution in [3.63, 3.8) is 0 Å². The lowest BCUT2D eigenvalue weighted by molar-refractivity contribution is 0.0664. The Bertz CT molecular complexity index is 1500. The summed E-state index contributed by atoms with van der Waals surface area (Å²) in [4.78, 5) is 2.92. The van der Waals surface area contributed by atoms with Crippen molar-refractivity contribution in [1.29, 1.82) is 0 Å².